The van der Waals surface area contributed by atoms with Gasteiger partial charge in [0.05, 0.1) is 0 Å². The van der Waals surface area contributed by atoms with E-state index in [0.717, 1.165) is 17.9 Å². The van der Waals surface area contributed by atoms with Gasteiger partial charge in [-0.05, 0) is 18.6 Å². The van der Waals surface area contributed by atoms with E-state index >= 15 is 0 Å². The first kappa shape index (κ1) is 12.5. The molecular weight excluding hydrogens is 186 g/mol. The van der Waals surface area contributed by atoms with Crippen molar-refractivity contribution < 1.29 is 9.90 Å². The summed E-state index contributed by atoms with van der Waals surface area (Å²) < 4.78 is 0. The zero-order chi connectivity index (χ0) is 10.1. The molecule has 0 aliphatic carbocycles. The summed E-state index contributed by atoms with van der Waals surface area (Å²) in [6.07, 6.45) is 5.79. The minimum Gasteiger partial charge on any atom is -0.480 e. The molecule has 0 saturated carbocycles. The van der Waals surface area contributed by atoms with Gasteiger partial charge < -0.3 is 10.8 Å². The van der Waals surface area contributed by atoms with Gasteiger partial charge in [-0.15, -0.1) is 0 Å². The van der Waals surface area contributed by atoms with Crippen molar-refractivity contribution in [2.24, 2.45) is 5.73 Å². The van der Waals surface area contributed by atoms with Gasteiger partial charge in [0.15, 0.2) is 0 Å². The van der Waals surface area contributed by atoms with Crippen LogP contribution in [0, 0.1) is 0 Å². The van der Waals surface area contributed by atoms with Crippen molar-refractivity contribution in [3.05, 3.63) is 12.2 Å². The number of rotatable bonds is 7. The fourth-order valence-corrected chi connectivity index (χ4v) is 1.58. The van der Waals surface area contributed by atoms with Crippen LogP contribution in [0.1, 0.15) is 19.8 Å². The van der Waals surface area contributed by atoms with Gasteiger partial charge in [0.1, 0.15) is 6.04 Å². The molecule has 0 saturated heterocycles. The number of thioether (sulfide) groups is 1. The molecule has 3 nitrogen and oxygen atoms in total. The fourth-order valence-electron chi connectivity index (χ4n) is 0.720. The third kappa shape index (κ3) is 7.87. The molecule has 0 rings (SSSR count). The van der Waals surface area contributed by atoms with Gasteiger partial charge in [0, 0.05) is 5.75 Å². The SMILES string of the molecule is CC/C=C/CSCC[C@H](N)C(=O)O. The summed E-state index contributed by atoms with van der Waals surface area (Å²) in [6, 6.07) is -0.706. The van der Waals surface area contributed by atoms with E-state index in [1.54, 1.807) is 11.8 Å². The molecule has 0 aliphatic rings. The van der Waals surface area contributed by atoms with Crippen LogP contribution >= 0.6 is 11.8 Å². The summed E-state index contributed by atoms with van der Waals surface area (Å²) >= 11 is 1.71. The highest BCUT2D eigenvalue weighted by atomic mass is 32.2. The van der Waals surface area contributed by atoms with Crippen LogP contribution < -0.4 is 5.73 Å². The third-order valence-corrected chi connectivity index (χ3v) is 2.46. The lowest BCUT2D eigenvalue weighted by atomic mass is 10.2. The maximum absolute atomic E-state index is 10.3. The molecule has 0 bridgehead atoms. The summed E-state index contributed by atoms with van der Waals surface area (Å²) in [7, 11) is 0. The second kappa shape index (κ2) is 8.13. The second-order valence-corrected chi connectivity index (χ2v) is 3.84. The van der Waals surface area contributed by atoms with E-state index in [4.69, 9.17) is 10.8 Å². The van der Waals surface area contributed by atoms with Crippen LogP contribution in [0.15, 0.2) is 12.2 Å². The monoisotopic (exact) mass is 203 g/mol. The van der Waals surface area contributed by atoms with Crippen molar-refractivity contribution in [2.75, 3.05) is 11.5 Å². The van der Waals surface area contributed by atoms with Crippen LogP contribution in [-0.4, -0.2) is 28.6 Å². The Balaban J connectivity index is 3.25. The predicted octanol–water partition coefficient (Wildman–Crippen LogP) is 1.49. The number of nitrogens with two attached hydrogens (primary N) is 1. The molecule has 0 amide bonds. The molecule has 1 atom stereocenters. The van der Waals surface area contributed by atoms with E-state index in [-0.39, 0.29) is 0 Å². The zero-order valence-corrected chi connectivity index (χ0v) is 8.72. The molecular formula is C9H17NO2S. The molecule has 0 fully saturated rings. The van der Waals surface area contributed by atoms with E-state index < -0.39 is 12.0 Å². The van der Waals surface area contributed by atoms with E-state index in [0.29, 0.717) is 6.42 Å². The number of carboxylic acid groups (broad SMARTS) is 1. The van der Waals surface area contributed by atoms with E-state index in [1.807, 2.05) is 0 Å². The molecule has 0 aromatic rings. The molecule has 0 spiro atoms. The second-order valence-electron chi connectivity index (χ2n) is 2.69. The maximum Gasteiger partial charge on any atom is 0.320 e. The third-order valence-electron chi connectivity index (χ3n) is 1.51. The van der Waals surface area contributed by atoms with Crippen LogP contribution in [-0.2, 0) is 4.79 Å². The lowest BCUT2D eigenvalue weighted by molar-refractivity contribution is -0.138. The topological polar surface area (TPSA) is 63.3 Å². The summed E-state index contributed by atoms with van der Waals surface area (Å²) in [5.74, 6) is 0.839. The number of carboxylic acids is 1. The van der Waals surface area contributed by atoms with Crippen molar-refractivity contribution in [2.45, 2.75) is 25.8 Å². The molecule has 4 heteroatoms. The maximum atomic E-state index is 10.3. The van der Waals surface area contributed by atoms with E-state index in [9.17, 15) is 4.79 Å². The largest absolute Gasteiger partial charge is 0.480 e. The van der Waals surface area contributed by atoms with Gasteiger partial charge in [0.25, 0.3) is 0 Å². The van der Waals surface area contributed by atoms with Gasteiger partial charge in [-0.2, -0.15) is 11.8 Å². The van der Waals surface area contributed by atoms with Crippen molar-refractivity contribution in [1.82, 2.24) is 0 Å². The first-order chi connectivity index (χ1) is 6.18. The molecule has 76 valence electrons. The smallest absolute Gasteiger partial charge is 0.320 e. The quantitative estimate of drug-likeness (QED) is 0.486. The minimum atomic E-state index is -0.912. The molecule has 13 heavy (non-hydrogen) atoms. The molecule has 0 unspecified atom stereocenters. The van der Waals surface area contributed by atoms with Crippen molar-refractivity contribution in [3.8, 4) is 0 Å². The normalized spacial score (nSPS) is 13.4. The highest BCUT2D eigenvalue weighted by Crippen LogP contribution is 2.04. The summed E-state index contributed by atoms with van der Waals surface area (Å²) in [5.41, 5.74) is 5.33. The lowest BCUT2D eigenvalue weighted by Gasteiger charge is -2.03. The number of allylic oxidation sites excluding steroid dienone is 1. The number of hydrogen-bond donors (Lipinski definition) is 2. The van der Waals surface area contributed by atoms with E-state index in [2.05, 4.69) is 19.1 Å². The summed E-state index contributed by atoms with van der Waals surface area (Å²) in [6.45, 7) is 2.08. The minimum absolute atomic E-state index is 0.542. The molecule has 0 aliphatic heterocycles. The van der Waals surface area contributed by atoms with Crippen LogP contribution in [0.3, 0.4) is 0 Å². The predicted molar refractivity (Wildman–Crippen MR) is 57.0 cm³/mol. The highest BCUT2D eigenvalue weighted by molar-refractivity contribution is 7.99. The van der Waals surface area contributed by atoms with Gasteiger partial charge in [0.2, 0.25) is 0 Å². The molecule has 0 heterocycles. The van der Waals surface area contributed by atoms with Crippen molar-refractivity contribution >= 4 is 17.7 Å². The van der Waals surface area contributed by atoms with Gasteiger partial charge in [-0.25, -0.2) is 0 Å². The number of hydrogen-bond acceptors (Lipinski definition) is 3. The Hall–Kier alpha value is -0.480. The van der Waals surface area contributed by atoms with Gasteiger partial charge in [-0.3, -0.25) is 4.79 Å². The van der Waals surface area contributed by atoms with E-state index in [1.165, 1.54) is 0 Å². The Labute approximate surface area is 83.4 Å². The first-order valence-electron chi connectivity index (χ1n) is 4.39. The van der Waals surface area contributed by atoms with Crippen LogP contribution in [0.25, 0.3) is 0 Å². The zero-order valence-electron chi connectivity index (χ0n) is 7.90. The Bertz CT molecular complexity index is 171. The molecule has 0 aromatic carbocycles. The number of carbonyl (C=O) groups is 1. The average molecular weight is 203 g/mol. The molecule has 0 radical (unpaired) electrons. The van der Waals surface area contributed by atoms with Gasteiger partial charge >= 0.3 is 5.97 Å². The first-order valence-corrected chi connectivity index (χ1v) is 5.55. The average Bonchev–Trinajstić information content (AvgIpc) is 2.10. The molecule has 3 N–H and O–H groups in total. The highest BCUT2D eigenvalue weighted by Gasteiger charge is 2.09. The van der Waals surface area contributed by atoms with Gasteiger partial charge in [-0.1, -0.05) is 19.1 Å². The van der Waals surface area contributed by atoms with Crippen LogP contribution in [0.2, 0.25) is 0 Å². The van der Waals surface area contributed by atoms with Crippen molar-refractivity contribution in [3.63, 3.8) is 0 Å². The van der Waals surface area contributed by atoms with Crippen LogP contribution in [0.5, 0.6) is 0 Å². The standard InChI is InChI=1S/C9H17NO2S/c1-2-3-4-6-13-7-5-8(10)9(11)12/h3-4,8H,2,5-7,10H2,1H3,(H,11,12)/b4-3+/t8-/m0/s1. The fraction of sp³-hybridized carbons (Fsp3) is 0.667. The summed E-state index contributed by atoms with van der Waals surface area (Å²) in [5, 5.41) is 8.47. The summed E-state index contributed by atoms with van der Waals surface area (Å²) in [4.78, 5) is 10.3. The van der Waals surface area contributed by atoms with Crippen LogP contribution in [0.4, 0.5) is 0 Å². The Morgan fingerprint density at radius 2 is 2.31 bits per heavy atom. The molecule has 0 aromatic heterocycles. The Kier molecular flexibility index (Phi) is 7.83. The Morgan fingerprint density at radius 3 is 2.85 bits per heavy atom. The van der Waals surface area contributed by atoms with Crippen molar-refractivity contribution in [1.29, 1.82) is 0 Å². The number of aliphatic carboxylic acids is 1. The Morgan fingerprint density at radius 1 is 1.62 bits per heavy atom. The lowest BCUT2D eigenvalue weighted by Crippen LogP contribution is -2.30.